The lowest BCUT2D eigenvalue weighted by Gasteiger charge is -2.11. The van der Waals surface area contributed by atoms with Crippen LogP contribution in [-0.4, -0.2) is 16.7 Å². The maximum Gasteiger partial charge on any atom is 0.0625 e. The minimum absolute atomic E-state index is 0.0361. The molecule has 1 aromatic heterocycles. The van der Waals surface area contributed by atoms with Gasteiger partial charge in [-0.2, -0.15) is 0 Å². The lowest BCUT2D eigenvalue weighted by atomic mass is 10.1. The summed E-state index contributed by atoms with van der Waals surface area (Å²) in [5.74, 6) is 0. The zero-order valence-electron chi connectivity index (χ0n) is 7.41. The maximum absolute atomic E-state index is 8.83. The molecule has 12 heavy (non-hydrogen) atoms. The van der Waals surface area contributed by atoms with Crippen molar-refractivity contribution in [3.05, 3.63) is 29.1 Å². The first-order chi connectivity index (χ1) is 5.65. The Kier molecular flexibility index (Phi) is 2.78. The minimum atomic E-state index is -0.307. The summed E-state index contributed by atoms with van der Waals surface area (Å²) in [6, 6.07) is 3.51. The summed E-state index contributed by atoms with van der Waals surface area (Å²) in [6.45, 7) is 3.80. The van der Waals surface area contributed by atoms with Crippen LogP contribution in [-0.2, 0) is 0 Å². The lowest BCUT2D eigenvalue weighted by molar-refractivity contribution is 0.267. The highest BCUT2D eigenvalue weighted by Crippen LogP contribution is 2.13. The lowest BCUT2D eigenvalue weighted by Crippen LogP contribution is -2.16. The van der Waals surface area contributed by atoms with E-state index in [9.17, 15) is 0 Å². The van der Waals surface area contributed by atoms with Crippen molar-refractivity contribution >= 4 is 0 Å². The predicted octanol–water partition coefficient (Wildman–Crippen LogP) is 0.691. The third-order valence-electron chi connectivity index (χ3n) is 1.86. The van der Waals surface area contributed by atoms with Gasteiger partial charge in [-0.15, -0.1) is 0 Å². The van der Waals surface area contributed by atoms with Crippen molar-refractivity contribution in [2.24, 2.45) is 5.73 Å². The van der Waals surface area contributed by atoms with Crippen LogP contribution in [0.4, 0.5) is 0 Å². The standard InChI is InChI=1S/C9H14N2O/c1-6-3-4-8(7(2)11-6)9(10)5-12/h3-4,9,12H,5,10H2,1-2H3. The third-order valence-corrected chi connectivity index (χ3v) is 1.86. The number of aryl methyl sites for hydroxylation is 2. The number of hydrogen-bond donors (Lipinski definition) is 2. The van der Waals surface area contributed by atoms with Gasteiger partial charge in [-0.05, 0) is 25.5 Å². The molecule has 66 valence electrons. The van der Waals surface area contributed by atoms with E-state index in [1.165, 1.54) is 0 Å². The highest BCUT2D eigenvalue weighted by molar-refractivity contribution is 5.24. The van der Waals surface area contributed by atoms with Gasteiger partial charge in [-0.25, -0.2) is 0 Å². The van der Waals surface area contributed by atoms with Crippen LogP contribution < -0.4 is 5.73 Å². The third kappa shape index (κ3) is 1.81. The second kappa shape index (κ2) is 3.65. The summed E-state index contributed by atoms with van der Waals surface area (Å²) >= 11 is 0. The number of pyridine rings is 1. The van der Waals surface area contributed by atoms with Crippen molar-refractivity contribution in [1.82, 2.24) is 4.98 Å². The van der Waals surface area contributed by atoms with Crippen molar-refractivity contribution in [1.29, 1.82) is 0 Å². The molecule has 1 unspecified atom stereocenters. The van der Waals surface area contributed by atoms with Gasteiger partial charge in [-0.3, -0.25) is 4.98 Å². The molecule has 1 heterocycles. The van der Waals surface area contributed by atoms with Crippen molar-refractivity contribution in [3.8, 4) is 0 Å². The van der Waals surface area contributed by atoms with Crippen LogP contribution in [0.5, 0.6) is 0 Å². The highest BCUT2D eigenvalue weighted by Gasteiger charge is 2.07. The first-order valence-corrected chi connectivity index (χ1v) is 3.95. The Hall–Kier alpha value is -0.930. The van der Waals surface area contributed by atoms with Gasteiger partial charge in [0.2, 0.25) is 0 Å². The fourth-order valence-electron chi connectivity index (χ4n) is 1.19. The Balaban J connectivity index is 3.01. The number of nitrogens with two attached hydrogens (primary N) is 1. The second-order valence-electron chi connectivity index (χ2n) is 2.92. The molecule has 3 N–H and O–H groups in total. The van der Waals surface area contributed by atoms with E-state index in [1.807, 2.05) is 26.0 Å². The minimum Gasteiger partial charge on any atom is -0.394 e. The summed E-state index contributed by atoms with van der Waals surface area (Å²) in [5.41, 5.74) is 8.45. The fraction of sp³-hybridized carbons (Fsp3) is 0.444. The number of aliphatic hydroxyl groups is 1. The fourth-order valence-corrected chi connectivity index (χ4v) is 1.19. The van der Waals surface area contributed by atoms with Gasteiger partial charge in [0, 0.05) is 11.4 Å². The molecule has 0 fully saturated rings. The van der Waals surface area contributed by atoms with E-state index in [1.54, 1.807) is 0 Å². The average Bonchev–Trinajstić information content (AvgIpc) is 2.03. The molecule has 3 nitrogen and oxygen atoms in total. The smallest absolute Gasteiger partial charge is 0.0625 e. The Bertz CT molecular complexity index is 273. The predicted molar refractivity (Wildman–Crippen MR) is 47.7 cm³/mol. The average molecular weight is 166 g/mol. The molecule has 0 aliphatic rings. The van der Waals surface area contributed by atoms with E-state index in [0.29, 0.717) is 0 Å². The molecule has 0 aromatic carbocycles. The molecule has 0 bridgehead atoms. The second-order valence-corrected chi connectivity index (χ2v) is 2.92. The van der Waals surface area contributed by atoms with E-state index >= 15 is 0 Å². The number of aromatic nitrogens is 1. The summed E-state index contributed by atoms with van der Waals surface area (Å²) in [5, 5.41) is 8.83. The molecule has 0 saturated carbocycles. The number of rotatable bonds is 2. The molecular weight excluding hydrogens is 152 g/mol. The van der Waals surface area contributed by atoms with Gasteiger partial charge < -0.3 is 10.8 Å². The van der Waals surface area contributed by atoms with Crippen molar-refractivity contribution in [3.63, 3.8) is 0 Å². The summed E-state index contributed by atoms with van der Waals surface area (Å²) < 4.78 is 0. The molecule has 1 atom stereocenters. The van der Waals surface area contributed by atoms with Crippen LogP contribution in [0.25, 0.3) is 0 Å². The normalized spacial score (nSPS) is 13.0. The van der Waals surface area contributed by atoms with Crippen LogP contribution in [0.1, 0.15) is 23.0 Å². The quantitative estimate of drug-likeness (QED) is 0.679. The van der Waals surface area contributed by atoms with Crippen LogP contribution in [0, 0.1) is 13.8 Å². The first kappa shape index (κ1) is 9.16. The van der Waals surface area contributed by atoms with Crippen LogP contribution in [0.3, 0.4) is 0 Å². The van der Waals surface area contributed by atoms with Gasteiger partial charge in [0.1, 0.15) is 0 Å². The summed E-state index contributed by atoms with van der Waals surface area (Å²) in [6.07, 6.45) is 0. The van der Waals surface area contributed by atoms with E-state index in [0.717, 1.165) is 17.0 Å². The Labute approximate surface area is 72.2 Å². The van der Waals surface area contributed by atoms with Gasteiger partial charge in [0.15, 0.2) is 0 Å². The van der Waals surface area contributed by atoms with Crippen LogP contribution in [0.2, 0.25) is 0 Å². The highest BCUT2D eigenvalue weighted by atomic mass is 16.3. The zero-order valence-corrected chi connectivity index (χ0v) is 7.41. The Morgan fingerprint density at radius 1 is 1.50 bits per heavy atom. The Morgan fingerprint density at radius 2 is 2.17 bits per heavy atom. The van der Waals surface area contributed by atoms with Crippen molar-refractivity contribution in [2.75, 3.05) is 6.61 Å². The number of hydrogen-bond acceptors (Lipinski definition) is 3. The molecule has 3 heteroatoms. The molecule has 0 aliphatic heterocycles. The molecule has 0 aliphatic carbocycles. The molecule has 0 spiro atoms. The van der Waals surface area contributed by atoms with Crippen molar-refractivity contribution < 1.29 is 5.11 Å². The molecule has 1 rings (SSSR count). The van der Waals surface area contributed by atoms with Gasteiger partial charge in [-0.1, -0.05) is 6.07 Å². The van der Waals surface area contributed by atoms with E-state index in [-0.39, 0.29) is 12.6 Å². The topological polar surface area (TPSA) is 59.1 Å². The van der Waals surface area contributed by atoms with Crippen LogP contribution in [0.15, 0.2) is 12.1 Å². The summed E-state index contributed by atoms with van der Waals surface area (Å²) in [4.78, 5) is 4.25. The molecular formula is C9H14N2O. The van der Waals surface area contributed by atoms with E-state index in [4.69, 9.17) is 10.8 Å². The molecule has 1 aromatic rings. The van der Waals surface area contributed by atoms with E-state index in [2.05, 4.69) is 4.98 Å². The maximum atomic E-state index is 8.83. The Morgan fingerprint density at radius 3 is 2.67 bits per heavy atom. The summed E-state index contributed by atoms with van der Waals surface area (Å²) in [7, 11) is 0. The van der Waals surface area contributed by atoms with Gasteiger partial charge in [0.05, 0.1) is 12.6 Å². The SMILES string of the molecule is Cc1ccc(C(N)CO)c(C)n1. The van der Waals surface area contributed by atoms with Gasteiger partial charge in [0.25, 0.3) is 0 Å². The molecule has 0 radical (unpaired) electrons. The molecule has 0 amide bonds. The first-order valence-electron chi connectivity index (χ1n) is 3.95. The number of aliphatic hydroxyl groups excluding tert-OH is 1. The molecule has 0 saturated heterocycles. The number of nitrogens with zero attached hydrogens (tertiary/aromatic N) is 1. The zero-order chi connectivity index (χ0) is 9.14. The monoisotopic (exact) mass is 166 g/mol. The van der Waals surface area contributed by atoms with Crippen molar-refractivity contribution in [2.45, 2.75) is 19.9 Å². The van der Waals surface area contributed by atoms with Gasteiger partial charge >= 0.3 is 0 Å². The largest absolute Gasteiger partial charge is 0.394 e. The van der Waals surface area contributed by atoms with E-state index < -0.39 is 0 Å². The van der Waals surface area contributed by atoms with Crippen LogP contribution >= 0.6 is 0 Å².